The van der Waals surface area contributed by atoms with Crippen LogP contribution in [0.25, 0.3) is 0 Å². The molecule has 0 aliphatic carbocycles. The van der Waals surface area contributed by atoms with E-state index in [4.69, 9.17) is 11.6 Å². The zero-order valence-corrected chi connectivity index (χ0v) is 11.6. The molecular formula is C12H10Cl2N2OS. The lowest BCUT2D eigenvalue weighted by molar-refractivity contribution is -0.108. The summed E-state index contributed by atoms with van der Waals surface area (Å²) in [7, 11) is 0. The third-order valence-electron chi connectivity index (χ3n) is 2.89. The first kappa shape index (κ1) is 13.5. The Bertz CT molecular complexity index is 530. The number of nitrogens with zero attached hydrogens (tertiary/aromatic N) is 2. The normalized spacial score (nSPS) is 20.9. The van der Waals surface area contributed by atoms with E-state index >= 15 is 0 Å². The van der Waals surface area contributed by atoms with E-state index in [1.54, 1.807) is 18.0 Å². The first-order valence-electron chi connectivity index (χ1n) is 5.18. The molecule has 0 spiro atoms. The van der Waals surface area contributed by atoms with E-state index in [1.807, 2.05) is 29.8 Å². The molecule has 0 fully saturated rings. The molecule has 94 valence electrons. The number of fused-ring (bicyclic) bond motifs is 1. The molecule has 0 bridgehead atoms. The van der Waals surface area contributed by atoms with Crippen molar-refractivity contribution in [2.45, 2.75) is 6.04 Å². The Morgan fingerprint density at radius 3 is 3.06 bits per heavy atom. The van der Waals surface area contributed by atoms with E-state index in [-0.39, 0.29) is 18.4 Å². The zero-order valence-electron chi connectivity index (χ0n) is 9.25. The number of hydrogen-bond donors (Lipinski definition) is 0. The van der Waals surface area contributed by atoms with Gasteiger partial charge in [-0.15, -0.1) is 24.2 Å². The number of hydrogen-bond acceptors (Lipinski definition) is 4. The molecule has 0 N–H and O–H groups in total. The topological polar surface area (TPSA) is 33.2 Å². The van der Waals surface area contributed by atoms with Crippen LogP contribution in [0.1, 0.15) is 11.6 Å². The van der Waals surface area contributed by atoms with Crippen LogP contribution in [0.3, 0.4) is 0 Å². The van der Waals surface area contributed by atoms with E-state index in [2.05, 4.69) is 9.88 Å². The lowest BCUT2D eigenvalue weighted by atomic mass is 10.1. The zero-order chi connectivity index (χ0) is 11.8. The third kappa shape index (κ3) is 2.16. The Balaban J connectivity index is 0.00000120. The quantitative estimate of drug-likeness (QED) is 0.786. The third-order valence-corrected chi connectivity index (χ3v) is 3.91. The first-order chi connectivity index (χ1) is 8.27. The molecule has 0 amide bonds. The summed E-state index contributed by atoms with van der Waals surface area (Å²) in [5.74, 6) is 0.846. The fourth-order valence-electron chi connectivity index (χ4n) is 2.11. The van der Waals surface area contributed by atoms with Crippen LogP contribution in [-0.4, -0.2) is 21.0 Å². The number of carbonyl (C=O) groups excluding carboxylic acids is 1. The van der Waals surface area contributed by atoms with Gasteiger partial charge in [-0.3, -0.25) is 9.78 Å². The fraction of sp³-hybridized carbons (Fsp3) is 0.167. The largest absolute Gasteiger partial charge is 0.350 e. The van der Waals surface area contributed by atoms with Crippen molar-refractivity contribution in [3.05, 3.63) is 52.8 Å². The van der Waals surface area contributed by atoms with Crippen molar-refractivity contribution in [1.29, 1.82) is 0 Å². The Morgan fingerprint density at radius 2 is 2.39 bits per heavy atom. The van der Waals surface area contributed by atoms with Gasteiger partial charge < -0.3 is 4.90 Å². The smallest absolute Gasteiger partial charge is 0.254 e. The number of halogens is 2. The summed E-state index contributed by atoms with van der Waals surface area (Å²) >= 11 is 7.28. The van der Waals surface area contributed by atoms with Crippen LogP contribution in [0.2, 0.25) is 0 Å². The maximum atomic E-state index is 11.4. The molecule has 1 unspecified atom stereocenters. The molecule has 0 radical (unpaired) electrons. The van der Waals surface area contributed by atoms with Gasteiger partial charge in [0.25, 0.3) is 5.24 Å². The summed E-state index contributed by atoms with van der Waals surface area (Å²) in [4.78, 5) is 17.6. The van der Waals surface area contributed by atoms with Gasteiger partial charge in [0.2, 0.25) is 0 Å². The molecule has 1 atom stereocenters. The molecule has 3 nitrogen and oxygen atoms in total. The summed E-state index contributed by atoms with van der Waals surface area (Å²) in [6, 6.07) is 3.98. The molecule has 6 heteroatoms. The lowest BCUT2D eigenvalue weighted by Gasteiger charge is -2.23. The van der Waals surface area contributed by atoms with Gasteiger partial charge in [-0.05, 0) is 34.7 Å². The van der Waals surface area contributed by atoms with Crippen LogP contribution in [0, 0.1) is 0 Å². The predicted octanol–water partition coefficient (Wildman–Crippen LogP) is 3.10. The van der Waals surface area contributed by atoms with E-state index in [9.17, 15) is 4.79 Å². The highest BCUT2D eigenvalue weighted by Gasteiger charge is 2.35. The predicted molar refractivity (Wildman–Crippen MR) is 75.5 cm³/mol. The summed E-state index contributed by atoms with van der Waals surface area (Å²) in [5, 5.41) is 1.60. The Kier molecular flexibility index (Phi) is 4.00. The van der Waals surface area contributed by atoms with Crippen LogP contribution >= 0.6 is 35.8 Å². The van der Waals surface area contributed by atoms with Gasteiger partial charge in [0.1, 0.15) is 0 Å². The molecule has 1 aromatic rings. The highest BCUT2D eigenvalue weighted by Crippen LogP contribution is 2.43. The maximum Gasteiger partial charge on any atom is 0.254 e. The van der Waals surface area contributed by atoms with Crippen LogP contribution in [0.4, 0.5) is 0 Å². The van der Waals surface area contributed by atoms with Crippen LogP contribution in [-0.2, 0) is 4.79 Å². The first-order valence-corrected chi connectivity index (χ1v) is 6.60. The molecule has 2 aliphatic rings. The van der Waals surface area contributed by atoms with Crippen molar-refractivity contribution in [1.82, 2.24) is 9.88 Å². The average molecular weight is 301 g/mol. The van der Waals surface area contributed by atoms with E-state index < -0.39 is 5.24 Å². The molecule has 0 saturated heterocycles. The van der Waals surface area contributed by atoms with Crippen molar-refractivity contribution < 1.29 is 4.79 Å². The fourth-order valence-corrected chi connectivity index (χ4v) is 3.22. The van der Waals surface area contributed by atoms with Crippen LogP contribution < -0.4 is 0 Å². The number of carbonyl (C=O) groups is 1. The Hall–Kier alpha value is -0.970. The highest BCUT2D eigenvalue weighted by atomic mass is 35.5. The molecule has 3 heterocycles. The van der Waals surface area contributed by atoms with Gasteiger partial charge in [-0.2, -0.15) is 0 Å². The Labute approximate surface area is 120 Å². The second kappa shape index (κ2) is 5.34. The second-order valence-electron chi connectivity index (χ2n) is 3.85. The minimum absolute atomic E-state index is 0. The highest BCUT2D eigenvalue weighted by molar-refractivity contribution is 8.02. The number of allylic oxidation sites excluding steroid dienone is 1. The minimum atomic E-state index is -0.393. The van der Waals surface area contributed by atoms with Crippen molar-refractivity contribution >= 4 is 41.0 Å². The van der Waals surface area contributed by atoms with E-state index in [0.717, 1.165) is 17.1 Å². The van der Waals surface area contributed by atoms with Crippen LogP contribution in [0.15, 0.2) is 47.3 Å². The summed E-state index contributed by atoms with van der Waals surface area (Å²) in [6.07, 6.45) is 5.48. The van der Waals surface area contributed by atoms with Crippen molar-refractivity contribution in [3.63, 3.8) is 0 Å². The van der Waals surface area contributed by atoms with Gasteiger partial charge in [-0.1, -0.05) is 6.07 Å². The SMILES string of the molecule is Cl.O=C(Cl)C1=CC(c2cccnc2)N2CSC=C12. The van der Waals surface area contributed by atoms with Gasteiger partial charge in [0, 0.05) is 12.4 Å². The average Bonchev–Trinajstić information content (AvgIpc) is 2.90. The molecule has 1 aromatic heterocycles. The number of rotatable bonds is 2. The summed E-state index contributed by atoms with van der Waals surface area (Å²) in [6.45, 7) is 0. The molecule has 18 heavy (non-hydrogen) atoms. The second-order valence-corrected chi connectivity index (χ2v) is 5.02. The van der Waals surface area contributed by atoms with Gasteiger partial charge in [-0.25, -0.2) is 0 Å². The molecule has 0 aromatic carbocycles. The molecule has 3 rings (SSSR count). The Morgan fingerprint density at radius 1 is 1.56 bits per heavy atom. The number of thioether (sulfide) groups is 1. The molecule has 0 saturated carbocycles. The lowest BCUT2D eigenvalue weighted by Crippen LogP contribution is -2.19. The van der Waals surface area contributed by atoms with Gasteiger partial charge in [0.05, 0.1) is 23.2 Å². The van der Waals surface area contributed by atoms with Crippen molar-refractivity contribution in [2.24, 2.45) is 0 Å². The number of aromatic nitrogens is 1. The van der Waals surface area contributed by atoms with Gasteiger partial charge >= 0.3 is 0 Å². The maximum absolute atomic E-state index is 11.4. The minimum Gasteiger partial charge on any atom is -0.350 e. The number of pyridine rings is 1. The monoisotopic (exact) mass is 300 g/mol. The molecule has 2 aliphatic heterocycles. The van der Waals surface area contributed by atoms with Gasteiger partial charge in [0.15, 0.2) is 0 Å². The van der Waals surface area contributed by atoms with Crippen LogP contribution in [0.5, 0.6) is 0 Å². The summed E-state index contributed by atoms with van der Waals surface area (Å²) in [5.41, 5.74) is 2.61. The van der Waals surface area contributed by atoms with Crippen molar-refractivity contribution in [2.75, 3.05) is 5.88 Å². The summed E-state index contributed by atoms with van der Waals surface area (Å²) < 4.78 is 0. The molecular weight excluding hydrogens is 291 g/mol. The van der Waals surface area contributed by atoms with E-state index in [0.29, 0.717) is 5.57 Å². The van der Waals surface area contributed by atoms with E-state index in [1.165, 1.54) is 0 Å². The standard InChI is InChI=1S/C12H9ClN2OS.ClH/c13-12(16)9-4-10(8-2-1-3-14-5-8)15-7-17-6-11(9)15;/h1-6,10H,7H2;1H. The van der Waals surface area contributed by atoms with Crippen molar-refractivity contribution in [3.8, 4) is 0 Å².